The Morgan fingerprint density at radius 3 is 2.60 bits per heavy atom. The van der Waals surface area contributed by atoms with Crippen molar-refractivity contribution >= 4 is 5.82 Å². The van der Waals surface area contributed by atoms with Crippen molar-refractivity contribution in [1.82, 2.24) is 9.88 Å². The van der Waals surface area contributed by atoms with E-state index in [1.165, 1.54) is 0 Å². The highest BCUT2D eigenvalue weighted by atomic mass is 19.4. The molecule has 2 heterocycles. The van der Waals surface area contributed by atoms with E-state index in [2.05, 4.69) is 10.3 Å². The van der Waals surface area contributed by atoms with Gasteiger partial charge in [0.15, 0.2) is 0 Å². The fraction of sp³-hybridized carbons (Fsp3) is 0.643. The van der Waals surface area contributed by atoms with Gasteiger partial charge in [-0.25, -0.2) is 4.98 Å². The molecule has 0 radical (unpaired) electrons. The standard InChI is InChI=1S/C14H20F3N3/c1-2-18-13-5-3-4-12(19-13)10-20-8-6-11(7-9-20)14(15,16)17/h3-5,11H,2,6-10H2,1H3,(H,18,19). The molecule has 0 spiro atoms. The highest BCUT2D eigenvalue weighted by Crippen LogP contribution is 2.34. The number of piperidine rings is 1. The summed E-state index contributed by atoms with van der Waals surface area (Å²) >= 11 is 0. The van der Waals surface area contributed by atoms with Crippen LogP contribution in [0.1, 0.15) is 25.5 Å². The summed E-state index contributed by atoms with van der Waals surface area (Å²) in [5.41, 5.74) is 0.897. The zero-order valence-corrected chi connectivity index (χ0v) is 11.6. The lowest BCUT2D eigenvalue weighted by Gasteiger charge is -2.32. The largest absolute Gasteiger partial charge is 0.391 e. The predicted molar refractivity (Wildman–Crippen MR) is 72.5 cm³/mol. The number of rotatable bonds is 4. The number of likely N-dealkylation sites (tertiary alicyclic amines) is 1. The lowest BCUT2D eigenvalue weighted by Crippen LogP contribution is -2.38. The summed E-state index contributed by atoms with van der Waals surface area (Å²) in [7, 11) is 0. The second kappa shape index (κ2) is 6.43. The van der Waals surface area contributed by atoms with Crippen LogP contribution in [0, 0.1) is 5.92 Å². The normalized spacial score (nSPS) is 18.2. The first-order valence-corrected chi connectivity index (χ1v) is 6.98. The van der Waals surface area contributed by atoms with Gasteiger partial charge >= 0.3 is 6.18 Å². The van der Waals surface area contributed by atoms with E-state index in [0.717, 1.165) is 18.1 Å². The topological polar surface area (TPSA) is 28.2 Å². The van der Waals surface area contributed by atoms with Crippen LogP contribution in [0.4, 0.5) is 19.0 Å². The van der Waals surface area contributed by atoms with E-state index < -0.39 is 12.1 Å². The molecule has 0 aliphatic carbocycles. The Bertz CT molecular complexity index is 426. The number of hydrogen-bond donors (Lipinski definition) is 1. The summed E-state index contributed by atoms with van der Waals surface area (Å²) in [6.07, 6.45) is -3.66. The predicted octanol–water partition coefficient (Wildman–Crippen LogP) is 3.29. The molecule has 0 atom stereocenters. The lowest BCUT2D eigenvalue weighted by molar-refractivity contribution is -0.185. The van der Waals surface area contributed by atoms with Crippen molar-refractivity contribution in [2.75, 3.05) is 25.0 Å². The van der Waals surface area contributed by atoms with Gasteiger partial charge in [0.1, 0.15) is 5.82 Å². The molecule has 112 valence electrons. The van der Waals surface area contributed by atoms with Gasteiger partial charge in [-0.05, 0) is 45.0 Å². The SMILES string of the molecule is CCNc1cccc(CN2CCC(C(F)(F)F)CC2)n1. The van der Waals surface area contributed by atoms with Crippen molar-refractivity contribution < 1.29 is 13.2 Å². The van der Waals surface area contributed by atoms with Gasteiger partial charge in [0, 0.05) is 13.1 Å². The van der Waals surface area contributed by atoms with Crippen LogP contribution >= 0.6 is 0 Å². The maximum absolute atomic E-state index is 12.6. The molecule has 0 aromatic carbocycles. The fourth-order valence-corrected chi connectivity index (χ4v) is 2.49. The van der Waals surface area contributed by atoms with Gasteiger partial charge in [0.05, 0.1) is 11.6 Å². The number of pyridine rings is 1. The molecule has 2 rings (SSSR count). The Balaban J connectivity index is 1.88. The van der Waals surface area contributed by atoms with Gasteiger partial charge in [-0.15, -0.1) is 0 Å². The monoisotopic (exact) mass is 287 g/mol. The van der Waals surface area contributed by atoms with Gasteiger partial charge in [-0.3, -0.25) is 4.90 Å². The first-order valence-electron chi connectivity index (χ1n) is 6.98. The second-order valence-electron chi connectivity index (χ2n) is 5.14. The molecule has 20 heavy (non-hydrogen) atoms. The fourth-order valence-electron chi connectivity index (χ4n) is 2.49. The minimum absolute atomic E-state index is 0.191. The third-order valence-corrected chi connectivity index (χ3v) is 3.60. The molecule has 0 unspecified atom stereocenters. The third-order valence-electron chi connectivity index (χ3n) is 3.60. The summed E-state index contributed by atoms with van der Waals surface area (Å²) in [5.74, 6) is -0.324. The first kappa shape index (κ1) is 15.1. The molecular weight excluding hydrogens is 267 g/mol. The van der Waals surface area contributed by atoms with E-state index in [0.29, 0.717) is 19.6 Å². The summed E-state index contributed by atoms with van der Waals surface area (Å²) in [6.45, 7) is 4.38. The van der Waals surface area contributed by atoms with Crippen LogP contribution in [0.25, 0.3) is 0 Å². The second-order valence-corrected chi connectivity index (χ2v) is 5.14. The van der Waals surface area contributed by atoms with Gasteiger partial charge in [0.2, 0.25) is 0 Å². The van der Waals surface area contributed by atoms with Crippen LogP contribution in [0.2, 0.25) is 0 Å². The van der Waals surface area contributed by atoms with Crippen molar-refractivity contribution in [2.45, 2.75) is 32.5 Å². The summed E-state index contributed by atoms with van der Waals surface area (Å²) in [5, 5.41) is 3.13. The minimum atomic E-state index is -4.05. The summed E-state index contributed by atoms with van der Waals surface area (Å²) in [6, 6.07) is 5.72. The molecule has 1 N–H and O–H groups in total. The van der Waals surface area contributed by atoms with Gasteiger partial charge in [-0.1, -0.05) is 6.07 Å². The Labute approximate surface area is 117 Å². The van der Waals surface area contributed by atoms with Crippen LogP contribution in [-0.4, -0.2) is 35.7 Å². The van der Waals surface area contributed by atoms with Gasteiger partial charge in [0.25, 0.3) is 0 Å². The highest BCUT2D eigenvalue weighted by Gasteiger charge is 2.40. The molecular formula is C14H20F3N3. The summed E-state index contributed by atoms with van der Waals surface area (Å²) in [4.78, 5) is 6.49. The lowest BCUT2D eigenvalue weighted by atomic mass is 9.96. The average Bonchev–Trinajstić information content (AvgIpc) is 2.39. The first-order chi connectivity index (χ1) is 9.49. The van der Waals surface area contributed by atoms with E-state index in [1.807, 2.05) is 30.0 Å². The molecule has 1 aromatic rings. The van der Waals surface area contributed by atoms with Crippen molar-refractivity contribution in [3.05, 3.63) is 23.9 Å². The Morgan fingerprint density at radius 1 is 1.30 bits per heavy atom. The number of halogens is 3. The molecule has 3 nitrogen and oxygen atoms in total. The zero-order chi connectivity index (χ0) is 14.6. The molecule has 0 bridgehead atoms. The maximum atomic E-state index is 12.6. The van der Waals surface area contributed by atoms with Crippen molar-refractivity contribution in [2.24, 2.45) is 5.92 Å². The van der Waals surface area contributed by atoms with E-state index in [-0.39, 0.29) is 12.8 Å². The van der Waals surface area contributed by atoms with Crippen molar-refractivity contribution in [3.8, 4) is 0 Å². The number of alkyl halides is 3. The van der Waals surface area contributed by atoms with Gasteiger partial charge < -0.3 is 5.32 Å². The van der Waals surface area contributed by atoms with Gasteiger partial charge in [-0.2, -0.15) is 13.2 Å². The smallest absolute Gasteiger partial charge is 0.370 e. The van der Waals surface area contributed by atoms with Crippen LogP contribution in [-0.2, 0) is 6.54 Å². The number of hydrogen-bond acceptors (Lipinski definition) is 3. The van der Waals surface area contributed by atoms with Crippen LogP contribution in [0.3, 0.4) is 0 Å². The van der Waals surface area contributed by atoms with Crippen molar-refractivity contribution in [1.29, 1.82) is 0 Å². The van der Waals surface area contributed by atoms with E-state index in [9.17, 15) is 13.2 Å². The Kier molecular flexibility index (Phi) is 4.86. The number of nitrogens with one attached hydrogen (secondary N) is 1. The Morgan fingerprint density at radius 2 is 2.00 bits per heavy atom. The molecule has 1 aliphatic rings. The molecule has 1 aliphatic heterocycles. The summed E-state index contributed by atoms with van der Waals surface area (Å²) < 4.78 is 37.8. The zero-order valence-electron chi connectivity index (χ0n) is 11.6. The molecule has 1 aromatic heterocycles. The van der Waals surface area contributed by atoms with Crippen LogP contribution in [0.5, 0.6) is 0 Å². The molecule has 1 fully saturated rings. The maximum Gasteiger partial charge on any atom is 0.391 e. The molecule has 1 saturated heterocycles. The van der Waals surface area contributed by atoms with Crippen LogP contribution in [0.15, 0.2) is 18.2 Å². The molecule has 6 heteroatoms. The van der Waals surface area contributed by atoms with Crippen molar-refractivity contribution in [3.63, 3.8) is 0 Å². The third kappa shape index (κ3) is 4.10. The van der Waals surface area contributed by atoms with E-state index >= 15 is 0 Å². The average molecular weight is 287 g/mol. The number of aromatic nitrogens is 1. The molecule has 0 saturated carbocycles. The minimum Gasteiger partial charge on any atom is -0.370 e. The number of anilines is 1. The quantitative estimate of drug-likeness (QED) is 0.921. The Hall–Kier alpha value is -1.30. The molecule has 0 amide bonds. The highest BCUT2D eigenvalue weighted by molar-refractivity contribution is 5.34. The van der Waals surface area contributed by atoms with Crippen LogP contribution < -0.4 is 5.32 Å². The van der Waals surface area contributed by atoms with E-state index in [4.69, 9.17) is 0 Å². The van der Waals surface area contributed by atoms with E-state index in [1.54, 1.807) is 0 Å². The number of nitrogens with zero attached hydrogens (tertiary/aromatic N) is 2.